The van der Waals surface area contributed by atoms with Crippen LogP contribution in [-0.2, 0) is 11.2 Å². The number of alkyl halides is 5. The van der Waals surface area contributed by atoms with Crippen molar-refractivity contribution in [1.82, 2.24) is 30.1 Å². The van der Waals surface area contributed by atoms with Crippen molar-refractivity contribution in [3.05, 3.63) is 47.9 Å². The van der Waals surface area contributed by atoms with Gasteiger partial charge in [-0.25, -0.2) is 22.8 Å². The molecule has 2 aromatic carbocycles. The van der Waals surface area contributed by atoms with Crippen LogP contribution in [0.5, 0.6) is 11.8 Å². The molecule has 0 unspecified atom stereocenters. The molecule has 1 N–H and O–H groups in total. The molecule has 4 aromatic rings. The van der Waals surface area contributed by atoms with Crippen molar-refractivity contribution in [1.29, 1.82) is 0 Å². The summed E-state index contributed by atoms with van der Waals surface area (Å²) in [5, 5.41) is 4.22. The van der Waals surface area contributed by atoms with Gasteiger partial charge in [-0.2, -0.15) is 23.1 Å². The van der Waals surface area contributed by atoms with Crippen LogP contribution in [0.2, 0.25) is 0 Å². The number of pyridine rings is 1. The highest BCUT2D eigenvalue weighted by atomic mass is 19.4. The molecule has 6 bridgehead atoms. The van der Waals surface area contributed by atoms with Crippen molar-refractivity contribution in [2.45, 2.75) is 93.9 Å². The van der Waals surface area contributed by atoms with Gasteiger partial charge in [0.25, 0.3) is 0 Å². The Morgan fingerprint density at radius 2 is 1.92 bits per heavy atom. The Labute approximate surface area is 336 Å². The second kappa shape index (κ2) is 14.9. The average molecular weight is 830 g/mol. The number of aromatic nitrogens is 3. The molecule has 316 valence electrons. The fourth-order valence-corrected chi connectivity index (χ4v) is 9.78. The van der Waals surface area contributed by atoms with E-state index in [2.05, 4.69) is 20.2 Å². The number of anilines is 1. The van der Waals surface area contributed by atoms with E-state index in [4.69, 9.17) is 19.2 Å². The number of aryl methyl sites for hydroxylation is 1. The van der Waals surface area contributed by atoms with E-state index in [1.165, 1.54) is 18.3 Å². The van der Waals surface area contributed by atoms with E-state index in [1.54, 1.807) is 12.1 Å². The first-order chi connectivity index (χ1) is 28.2. The SMILES string of the molecule is C[C@@]12CCCN(C1)c1nc(OC[C@@]34CCCN3C[C@H](F)C4)nc3c(F)c(ncc13)-c1cc(OC(=O)N3C[C@H](F)C[C@H]3C(F)(F)F)cc3cccc(c13)CCCOC(=O)N2.[HH]. The quantitative estimate of drug-likeness (QED) is 0.205. The zero-order valence-corrected chi connectivity index (χ0v) is 32.3. The van der Waals surface area contributed by atoms with Crippen LogP contribution in [0.15, 0.2) is 36.5 Å². The predicted octanol–water partition coefficient (Wildman–Crippen LogP) is 7.69. The van der Waals surface area contributed by atoms with E-state index < -0.39 is 66.6 Å². The molecule has 18 heteroatoms. The number of piperidine rings is 1. The maximum absolute atomic E-state index is 17.5. The van der Waals surface area contributed by atoms with E-state index in [0.29, 0.717) is 72.2 Å². The van der Waals surface area contributed by atoms with Crippen molar-refractivity contribution in [2.24, 2.45) is 0 Å². The molecule has 2 aromatic heterocycles. The molecule has 4 fully saturated rings. The normalized spacial score (nSPS) is 27.6. The number of nitrogens with one attached hydrogen (secondary N) is 1. The first kappa shape index (κ1) is 39.3. The number of benzene rings is 2. The lowest BCUT2D eigenvalue weighted by molar-refractivity contribution is -0.171. The van der Waals surface area contributed by atoms with Crippen LogP contribution >= 0.6 is 0 Å². The van der Waals surface area contributed by atoms with Gasteiger partial charge in [0.2, 0.25) is 0 Å². The molecule has 4 saturated heterocycles. The highest BCUT2D eigenvalue weighted by Gasteiger charge is 2.52. The highest BCUT2D eigenvalue weighted by Crippen LogP contribution is 2.43. The topological polar surface area (TPSA) is 122 Å². The van der Waals surface area contributed by atoms with Gasteiger partial charge < -0.3 is 24.4 Å². The van der Waals surface area contributed by atoms with Gasteiger partial charge in [0.05, 0.1) is 29.6 Å². The molecule has 0 radical (unpaired) electrons. The first-order valence-corrected chi connectivity index (χ1v) is 20.0. The molecule has 8 heterocycles. The van der Waals surface area contributed by atoms with Crippen LogP contribution in [0.1, 0.15) is 58.9 Å². The van der Waals surface area contributed by atoms with Crippen molar-refractivity contribution in [2.75, 3.05) is 50.8 Å². The van der Waals surface area contributed by atoms with E-state index in [0.717, 1.165) is 19.4 Å². The van der Waals surface area contributed by atoms with Crippen molar-refractivity contribution < 1.29 is 51.6 Å². The number of fused-ring (bicyclic) bond motifs is 7. The maximum atomic E-state index is 17.5. The molecule has 6 aliphatic heterocycles. The van der Waals surface area contributed by atoms with Gasteiger partial charge >= 0.3 is 24.4 Å². The van der Waals surface area contributed by atoms with Gasteiger partial charge in [-0.1, -0.05) is 18.2 Å². The minimum Gasteiger partial charge on any atom is -0.461 e. The maximum Gasteiger partial charge on any atom is 0.415 e. The number of amides is 2. The smallest absolute Gasteiger partial charge is 0.415 e. The number of hydrogen-bond donors (Lipinski definition) is 1. The third kappa shape index (κ3) is 7.41. The molecule has 0 saturated carbocycles. The highest BCUT2D eigenvalue weighted by molar-refractivity contribution is 6.02. The summed E-state index contributed by atoms with van der Waals surface area (Å²) in [5.74, 6) is -0.764. The summed E-state index contributed by atoms with van der Waals surface area (Å²) in [6.45, 7) is 3.07. The van der Waals surface area contributed by atoms with Crippen LogP contribution in [0.3, 0.4) is 0 Å². The Morgan fingerprint density at radius 1 is 1.08 bits per heavy atom. The summed E-state index contributed by atoms with van der Waals surface area (Å²) in [5.41, 5.74) is -0.776. The lowest BCUT2D eigenvalue weighted by Gasteiger charge is -2.41. The van der Waals surface area contributed by atoms with E-state index in [1.807, 2.05) is 17.9 Å². The second-order valence-electron chi connectivity index (χ2n) is 16.7. The van der Waals surface area contributed by atoms with Gasteiger partial charge in [-0.15, -0.1) is 0 Å². The molecule has 2 amide bonds. The van der Waals surface area contributed by atoms with Crippen LogP contribution in [0.4, 0.5) is 41.7 Å². The van der Waals surface area contributed by atoms with Gasteiger partial charge in [0, 0.05) is 45.7 Å². The zero-order chi connectivity index (χ0) is 41.3. The third-order valence-electron chi connectivity index (χ3n) is 12.5. The van der Waals surface area contributed by atoms with Crippen LogP contribution < -0.4 is 19.7 Å². The number of alkyl carbamates (subject to hydrolysis) is 1. The summed E-state index contributed by atoms with van der Waals surface area (Å²) in [4.78, 5) is 44.7. The van der Waals surface area contributed by atoms with E-state index in [9.17, 15) is 31.5 Å². The summed E-state index contributed by atoms with van der Waals surface area (Å²) in [6.07, 6.45) is -5.33. The molecular formula is C41H45F6N7O5. The third-order valence-corrected chi connectivity index (χ3v) is 12.5. The lowest BCUT2D eigenvalue weighted by Crippen LogP contribution is -2.57. The number of carbonyl (C=O) groups excluding carboxylic acids is 2. The number of carbonyl (C=O) groups is 2. The monoisotopic (exact) mass is 829 g/mol. The number of ether oxygens (including phenoxy) is 3. The Kier molecular flexibility index (Phi) is 9.90. The molecule has 5 atom stereocenters. The van der Waals surface area contributed by atoms with Crippen molar-refractivity contribution in [3.8, 4) is 23.0 Å². The second-order valence-corrected chi connectivity index (χ2v) is 16.7. The lowest BCUT2D eigenvalue weighted by atomic mass is 9.91. The summed E-state index contributed by atoms with van der Waals surface area (Å²) >= 11 is 0. The molecule has 10 rings (SSSR count). The number of halogens is 6. The fraction of sp³-hybridized carbons (Fsp3) is 0.537. The number of likely N-dealkylation sites (tertiary alicyclic amines) is 1. The average Bonchev–Trinajstić information content (AvgIpc) is 3.86. The number of hydrogen-bond acceptors (Lipinski definition) is 10. The van der Waals surface area contributed by atoms with Crippen molar-refractivity contribution in [3.63, 3.8) is 0 Å². The summed E-state index contributed by atoms with van der Waals surface area (Å²) in [7, 11) is 0. The van der Waals surface area contributed by atoms with Crippen LogP contribution in [0.25, 0.3) is 32.9 Å². The van der Waals surface area contributed by atoms with Crippen molar-refractivity contribution >= 4 is 39.7 Å². The molecule has 0 aliphatic carbocycles. The van der Waals surface area contributed by atoms with E-state index in [-0.39, 0.29) is 55.1 Å². The van der Waals surface area contributed by atoms with Crippen LogP contribution in [0, 0.1) is 5.82 Å². The van der Waals surface area contributed by atoms with Gasteiger partial charge in [-0.05, 0) is 80.5 Å². The molecule has 59 heavy (non-hydrogen) atoms. The minimum atomic E-state index is -4.88. The van der Waals surface area contributed by atoms with Gasteiger partial charge in [-0.3, -0.25) is 14.8 Å². The largest absolute Gasteiger partial charge is 0.461 e. The molecule has 6 aliphatic rings. The van der Waals surface area contributed by atoms with Gasteiger partial charge in [0.15, 0.2) is 5.82 Å². The van der Waals surface area contributed by atoms with Gasteiger partial charge in [0.1, 0.15) is 47.8 Å². The summed E-state index contributed by atoms with van der Waals surface area (Å²) in [6, 6.07) is 5.46. The first-order valence-electron chi connectivity index (χ1n) is 20.0. The Balaban J connectivity index is 0.00000499. The Morgan fingerprint density at radius 3 is 2.75 bits per heavy atom. The van der Waals surface area contributed by atoms with E-state index >= 15 is 4.39 Å². The standard InChI is InChI=1S/C41H43F6N7O5.H2/c1-39-9-4-11-52(21-39)35-29-18-48-33(32(44)34(29)49-36(50-35)58-22-40-10-5-12-53(40)19-26(43)17-40)28-16-27(59-38(56)54-20-25(42)15-30(54)41(45,46)47)14-24-7-2-6-23(31(24)28)8-3-13-57-37(55)51-39;/h2,6-7,14,16,18,25-26,30H,3-5,8-13,15,17,19-22H2,1H3,(H,51,55);1H/t25-,26-,30+,39-,40+;/m1./s1. The predicted molar refractivity (Wildman–Crippen MR) is 206 cm³/mol. The number of nitrogens with zero attached hydrogens (tertiary/aromatic N) is 6. The van der Waals surface area contributed by atoms with Crippen LogP contribution in [-0.4, -0.2) is 119 Å². The molecule has 0 spiro atoms. The molecular weight excluding hydrogens is 784 g/mol. The zero-order valence-electron chi connectivity index (χ0n) is 32.3. The summed E-state index contributed by atoms with van der Waals surface area (Å²) < 4.78 is 105. The number of rotatable bonds is 4. The Hall–Kier alpha value is -5.13. The Bertz CT molecular complexity index is 2330. The minimum absolute atomic E-state index is 0. The molecule has 12 nitrogen and oxygen atoms in total. The fourth-order valence-electron chi connectivity index (χ4n) is 9.78.